The minimum absolute atomic E-state index is 0.126. The number of amides is 1. The molecule has 0 aliphatic rings. The van der Waals surface area contributed by atoms with Crippen molar-refractivity contribution in [3.05, 3.63) is 46.2 Å². The predicted octanol–water partition coefficient (Wildman–Crippen LogP) is 3.03. The second kappa shape index (κ2) is 6.13. The van der Waals surface area contributed by atoms with Crippen LogP contribution in [0.4, 0.5) is 14.5 Å². The van der Waals surface area contributed by atoms with Crippen molar-refractivity contribution in [2.45, 2.75) is 12.8 Å². The molecule has 0 saturated carbocycles. The molecule has 0 saturated heterocycles. The van der Waals surface area contributed by atoms with E-state index in [-0.39, 0.29) is 10.9 Å². The SMILES string of the molecule is Cn1cc(CCC(=O)Nc2c(F)cc(Br)cc2F)cn1. The fourth-order valence-corrected chi connectivity index (χ4v) is 2.12. The van der Waals surface area contributed by atoms with Gasteiger partial charge in [-0.15, -0.1) is 0 Å². The van der Waals surface area contributed by atoms with Crippen LogP contribution < -0.4 is 5.32 Å². The number of aromatic nitrogens is 2. The van der Waals surface area contributed by atoms with Gasteiger partial charge in [-0.1, -0.05) is 15.9 Å². The largest absolute Gasteiger partial charge is 0.321 e. The summed E-state index contributed by atoms with van der Waals surface area (Å²) in [6.07, 6.45) is 4.02. The molecule has 1 aromatic carbocycles. The van der Waals surface area contributed by atoms with Gasteiger partial charge in [-0.05, 0) is 24.1 Å². The molecule has 4 nitrogen and oxygen atoms in total. The van der Waals surface area contributed by atoms with Gasteiger partial charge in [-0.3, -0.25) is 9.48 Å². The lowest BCUT2D eigenvalue weighted by Crippen LogP contribution is -2.14. The van der Waals surface area contributed by atoms with Gasteiger partial charge in [0, 0.05) is 24.1 Å². The molecule has 0 aliphatic carbocycles. The smallest absolute Gasteiger partial charge is 0.224 e. The molecule has 0 spiro atoms. The van der Waals surface area contributed by atoms with E-state index in [1.165, 1.54) is 0 Å². The van der Waals surface area contributed by atoms with Crippen molar-refractivity contribution in [3.8, 4) is 0 Å². The number of anilines is 1. The number of nitrogens with one attached hydrogen (secondary N) is 1. The third-order valence-corrected chi connectivity index (χ3v) is 3.13. The fraction of sp³-hybridized carbons (Fsp3) is 0.231. The first-order chi connectivity index (χ1) is 9.45. The van der Waals surface area contributed by atoms with Gasteiger partial charge in [0.2, 0.25) is 5.91 Å². The van der Waals surface area contributed by atoms with Crippen LogP contribution in [0, 0.1) is 11.6 Å². The normalized spacial score (nSPS) is 10.6. The second-order valence-electron chi connectivity index (χ2n) is 4.31. The Morgan fingerprint density at radius 3 is 2.60 bits per heavy atom. The van der Waals surface area contributed by atoms with Crippen LogP contribution in [0.3, 0.4) is 0 Å². The van der Waals surface area contributed by atoms with Gasteiger partial charge < -0.3 is 5.32 Å². The quantitative estimate of drug-likeness (QED) is 0.927. The van der Waals surface area contributed by atoms with E-state index in [2.05, 4.69) is 26.3 Å². The Labute approximate surface area is 122 Å². The average Bonchev–Trinajstić information content (AvgIpc) is 2.77. The number of hydrogen-bond acceptors (Lipinski definition) is 2. The Balaban J connectivity index is 1.98. The van der Waals surface area contributed by atoms with E-state index in [4.69, 9.17) is 0 Å². The summed E-state index contributed by atoms with van der Waals surface area (Å²) in [5, 5.41) is 6.22. The molecular weight excluding hydrogens is 332 g/mol. The number of carbonyl (C=O) groups is 1. The van der Waals surface area contributed by atoms with Gasteiger partial charge >= 0.3 is 0 Å². The number of halogens is 3. The van der Waals surface area contributed by atoms with Crippen molar-refractivity contribution in [1.82, 2.24) is 9.78 Å². The van der Waals surface area contributed by atoms with E-state index in [0.717, 1.165) is 17.7 Å². The molecule has 0 bridgehead atoms. The highest BCUT2D eigenvalue weighted by atomic mass is 79.9. The summed E-state index contributed by atoms with van der Waals surface area (Å²) < 4.78 is 29.0. The zero-order valence-corrected chi connectivity index (χ0v) is 12.2. The first-order valence-electron chi connectivity index (χ1n) is 5.87. The first kappa shape index (κ1) is 14.6. The van der Waals surface area contributed by atoms with Gasteiger partial charge in [0.25, 0.3) is 0 Å². The Bertz CT molecular complexity index is 619. The van der Waals surface area contributed by atoms with Crippen LogP contribution in [0.5, 0.6) is 0 Å². The van der Waals surface area contributed by atoms with Crippen molar-refractivity contribution in [1.29, 1.82) is 0 Å². The Morgan fingerprint density at radius 2 is 2.05 bits per heavy atom. The van der Waals surface area contributed by atoms with E-state index in [0.29, 0.717) is 6.42 Å². The van der Waals surface area contributed by atoms with Gasteiger partial charge in [-0.2, -0.15) is 5.10 Å². The Kier molecular flexibility index (Phi) is 4.49. The van der Waals surface area contributed by atoms with Crippen LogP contribution in [0.25, 0.3) is 0 Å². The number of hydrogen-bond donors (Lipinski definition) is 1. The highest BCUT2D eigenvalue weighted by Crippen LogP contribution is 2.23. The summed E-state index contributed by atoms with van der Waals surface area (Å²) in [5.74, 6) is -2.08. The minimum Gasteiger partial charge on any atom is -0.321 e. The molecule has 1 amide bonds. The molecule has 0 atom stereocenters. The maximum Gasteiger partial charge on any atom is 0.224 e. The minimum atomic E-state index is -0.813. The summed E-state index contributed by atoms with van der Waals surface area (Å²) >= 11 is 2.98. The number of rotatable bonds is 4. The summed E-state index contributed by atoms with van der Waals surface area (Å²) in [7, 11) is 1.77. The highest BCUT2D eigenvalue weighted by molar-refractivity contribution is 9.10. The van der Waals surface area contributed by atoms with Gasteiger partial charge in [-0.25, -0.2) is 8.78 Å². The molecular formula is C13H12BrF2N3O. The number of benzene rings is 1. The molecule has 0 fully saturated rings. The average molecular weight is 344 g/mol. The monoisotopic (exact) mass is 343 g/mol. The molecule has 1 heterocycles. The topological polar surface area (TPSA) is 46.9 Å². The standard InChI is InChI=1S/C13H12BrF2N3O/c1-19-7-8(6-17-19)2-3-12(20)18-13-10(15)4-9(14)5-11(13)16/h4-7H,2-3H2,1H3,(H,18,20). The van der Waals surface area contributed by atoms with Crippen molar-refractivity contribution >= 4 is 27.5 Å². The third-order valence-electron chi connectivity index (χ3n) is 2.67. The third kappa shape index (κ3) is 3.63. The molecule has 0 unspecified atom stereocenters. The fourth-order valence-electron chi connectivity index (χ4n) is 1.72. The van der Waals surface area contributed by atoms with Crippen LogP contribution in [-0.4, -0.2) is 15.7 Å². The molecule has 7 heteroatoms. The lowest BCUT2D eigenvalue weighted by molar-refractivity contribution is -0.116. The zero-order chi connectivity index (χ0) is 14.7. The van der Waals surface area contributed by atoms with Crippen LogP contribution in [0.2, 0.25) is 0 Å². The molecule has 1 aromatic heterocycles. The summed E-state index contributed by atoms with van der Waals surface area (Å²) in [5.41, 5.74) is 0.462. The van der Waals surface area contributed by atoms with Gasteiger partial charge in [0.15, 0.2) is 11.6 Å². The van der Waals surface area contributed by atoms with Crippen molar-refractivity contribution < 1.29 is 13.6 Å². The molecule has 20 heavy (non-hydrogen) atoms. The Hall–Kier alpha value is -1.76. The zero-order valence-electron chi connectivity index (χ0n) is 10.7. The summed E-state index contributed by atoms with van der Waals surface area (Å²) in [6, 6.07) is 2.19. The van der Waals surface area contributed by atoms with E-state index in [1.54, 1.807) is 24.1 Å². The van der Waals surface area contributed by atoms with Crippen LogP contribution >= 0.6 is 15.9 Å². The summed E-state index contributed by atoms with van der Waals surface area (Å²) in [6.45, 7) is 0. The molecule has 0 aliphatic heterocycles. The number of aryl methyl sites for hydroxylation is 2. The number of nitrogens with zero attached hydrogens (tertiary/aromatic N) is 2. The maximum absolute atomic E-state index is 13.5. The molecule has 1 N–H and O–H groups in total. The van der Waals surface area contributed by atoms with E-state index < -0.39 is 23.2 Å². The van der Waals surface area contributed by atoms with Crippen molar-refractivity contribution in [3.63, 3.8) is 0 Å². The molecule has 2 rings (SSSR count). The maximum atomic E-state index is 13.5. The van der Waals surface area contributed by atoms with Crippen LogP contribution in [-0.2, 0) is 18.3 Å². The van der Waals surface area contributed by atoms with E-state index in [1.807, 2.05) is 0 Å². The number of carbonyl (C=O) groups excluding carboxylic acids is 1. The van der Waals surface area contributed by atoms with Crippen molar-refractivity contribution in [2.75, 3.05) is 5.32 Å². The van der Waals surface area contributed by atoms with Crippen LogP contribution in [0.1, 0.15) is 12.0 Å². The lowest BCUT2D eigenvalue weighted by Gasteiger charge is -2.07. The van der Waals surface area contributed by atoms with Crippen LogP contribution in [0.15, 0.2) is 29.0 Å². The first-order valence-corrected chi connectivity index (χ1v) is 6.67. The van der Waals surface area contributed by atoms with E-state index >= 15 is 0 Å². The molecule has 2 aromatic rings. The lowest BCUT2D eigenvalue weighted by atomic mass is 10.2. The Morgan fingerprint density at radius 1 is 1.40 bits per heavy atom. The highest BCUT2D eigenvalue weighted by Gasteiger charge is 2.13. The predicted molar refractivity (Wildman–Crippen MR) is 74.2 cm³/mol. The second-order valence-corrected chi connectivity index (χ2v) is 5.23. The molecule has 106 valence electrons. The van der Waals surface area contributed by atoms with Gasteiger partial charge in [0.05, 0.1) is 6.20 Å². The molecule has 0 radical (unpaired) electrons. The van der Waals surface area contributed by atoms with E-state index in [9.17, 15) is 13.6 Å². The summed E-state index contributed by atoms with van der Waals surface area (Å²) in [4.78, 5) is 11.7. The van der Waals surface area contributed by atoms with Gasteiger partial charge in [0.1, 0.15) is 5.69 Å². The van der Waals surface area contributed by atoms with Crippen molar-refractivity contribution in [2.24, 2.45) is 7.05 Å².